The van der Waals surface area contributed by atoms with E-state index in [1.807, 2.05) is 6.92 Å². The molecule has 0 amide bonds. The molecular weight excluding hydrogens is 363 g/mol. The van der Waals surface area contributed by atoms with E-state index in [0.29, 0.717) is 12.8 Å². The summed E-state index contributed by atoms with van der Waals surface area (Å²) in [7, 11) is 0. The van der Waals surface area contributed by atoms with Crippen LogP contribution in [-0.4, -0.2) is 18.7 Å². The minimum Gasteiger partial charge on any atom is -0.491 e. The molecule has 0 radical (unpaired) electrons. The van der Waals surface area contributed by atoms with Crippen LogP contribution in [0.3, 0.4) is 0 Å². The average molecular weight is 390 g/mol. The van der Waals surface area contributed by atoms with Crippen LogP contribution in [0.2, 0.25) is 0 Å². The highest BCUT2D eigenvalue weighted by molar-refractivity contribution is 5.34. The maximum atomic E-state index is 15.0. The summed E-state index contributed by atoms with van der Waals surface area (Å²) in [6.07, 6.45) is 0.388. The van der Waals surface area contributed by atoms with Crippen molar-refractivity contribution < 1.29 is 26.7 Å². The summed E-state index contributed by atoms with van der Waals surface area (Å²) in [6, 6.07) is 2.39. The predicted molar refractivity (Wildman–Crippen MR) is 94.0 cm³/mol. The summed E-state index contributed by atoms with van der Waals surface area (Å²) in [5.41, 5.74) is -0.312. The second-order valence-corrected chi connectivity index (χ2v) is 8.03. The highest BCUT2D eigenvalue weighted by atomic mass is 19.3. The first kappa shape index (κ1) is 20.4. The van der Waals surface area contributed by atoms with Gasteiger partial charge in [0.15, 0.2) is 11.6 Å². The first-order valence-electron chi connectivity index (χ1n) is 9.91. The van der Waals surface area contributed by atoms with E-state index >= 15 is 0 Å². The van der Waals surface area contributed by atoms with E-state index in [1.54, 1.807) is 6.92 Å². The van der Waals surface area contributed by atoms with Crippen LogP contribution in [0.5, 0.6) is 5.75 Å². The fraction of sp³-hybridized carbons (Fsp3) is 0.714. The van der Waals surface area contributed by atoms with Gasteiger partial charge in [0.05, 0.1) is 6.61 Å². The Kier molecular flexibility index (Phi) is 6.02. The molecular formula is C21H27F5O. The zero-order valence-electron chi connectivity index (χ0n) is 15.8. The molecule has 27 heavy (non-hydrogen) atoms. The molecule has 2 aliphatic rings. The summed E-state index contributed by atoms with van der Waals surface area (Å²) < 4.78 is 78.6. The van der Waals surface area contributed by atoms with Gasteiger partial charge in [0.1, 0.15) is 6.17 Å². The van der Waals surface area contributed by atoms with Crippen molar-refractivity contribution in [3.63, 3.8) is 0 Å². The topological polar surface area (TPSA) is 9.23 Å². The Labute approximate surface area is 157 Å². The fourth-order valence-electron chi connectivity index (χ4n) is 5.09. The lowest BCUT2D eigenvalue weighted by molar-refractivity contribution is -0.0770. The van der Waals surface area contributed by atoms with Crippen molar-refractivity contribution in [1.82, 2.24) is 0 Å². The van der Waals surface area contributed by atoms with Crippen LogP contribution in [0, 0.1) is 29.4 Å². The molecule has 6 heteroatoms. The maximum Gasteiger partial charge on any atom is 0.251 e. The van der Waals surface area contributed by atoms with Crippen LogP contribution in [0.15, 0.2) is 12.1 Å². The molecule has 0 aliphatic heterocycles. The Hall–Kier alpha value is -1.33. The SMILES string of the molecule is CCCC1CC2CC(F)C(c3ccc(OCC)c(F)c3F)CC(F)(F)C2C1. The molecule has 152 valence electrons. The Morgan fingerprint density at radius 2 is 1.81 bits per heavy atom. The number of halogens is 5. The lowest BCUT2D eigenvalue weighted by Crippen LogP contribution is -2.30. The van der Waals surface area contributed by atoms with Crippen molar-refractivity contribution in [3.8, 4) is 5.75 Å². The first-order valence-corrected chi connectivity index (χ1v) is 9.91. The van der Waals surface area contributed by atoms with Gasteiger partial charge in [-0.3, -0.25) is 0 Å². The van der Waals surface area contributed by atoms with Gasteiger partial charge < -0.3 is 4.74 Å². The maximum absolute atomic E-state index is 15.0. The molecule has 0 saturated heterocycles. The van der Waals surface area contributed by atoms with Crippen molar-refractivity contribution in [2.24, 2.45) is 17.8 Å². The quantitative estimate of drug-likeness (QED) is 0.511. The van der Waals surface area contributed by atoms with Crippen LogP contribution in [0.4, 0.5) is 22.0 Å². The summed E-state index contributed by atoms with van der Waals surface area (Å²) >= 11 is 0. The number of benzene rings is 1. The van der Waals surface area contributed by atoms with Crippen LogP contribution < -0.4 is 4.74 Å². The van der Waals surface area contributed by atoms with E-state index in [-0.39, 0.29) is 30.3 Å². The smallest absolute Gasteiger partial charge is 0.251 e. The molecule has 3 rings (SSSR count). The zero-order valence-corrected chi connectivity index (χ0v) is 15.8. The van der Waals surface area contributed by atoms with Gasteiger partial charge in [-0.2, -0.15) is 4.39 Å². The molecule has 2 fully saturated rings. The lowest BCUT2D eigenvalue weighted by Gasteiger charge is -2.27. The van der Waals surface area contributed by atoms with E-state index in [1.165, 1.54) is 12.1 Å². The number of ether oxygens (including phenoxy) is 1. The van der Waals surface area contributed by atoms with Gasteiger partial charge in [-0.1, -0.05) is 25.8 Å². The average Bonchev–Trinajstić information content (AvgIpc) is 2.98. The molecule has 2 saturated carbocycles. The van der Waals surface area contributed by atoms with Crippen molar-refractivity contribution in [3.05, 3.63) is 29.3 Å². The van der Waals surface area contributed by atoms with Crippen molar-refractivity contribution in [2.75, 3.05) is 6.61 Å². The second kappa shape index (κ2) is 7.96. The molecule has 1 aromatic rings. The van der Waals surface area contributed by atoms with Gasteiger partial charge in [-0.25, -0.2) is 17.6 Å². The van der Waals surface area contributed by atoms with Crippen molar-refractivity contribution >= 4 is 0 Å². The van der Waals surface area contributed by atoms with Crippen LogP contribution >= 0.6 is 0 Å². The van der Waals surface area contributed by atoms with Crippen LogP contribution in [-0.2, 0) is 0 Å². The summed E-state index contributed by atoms with van der Waals surface area (Å²) in [5.74, 6) is -8.29. The number of hydrogen-bond acceptors (Lipinski definition) is 1. The molecule has 1 nitrogen and oxygen atoms in total. The molecule has 1 aromatic carbocycles. The minimum atomic E-state index is -3.08. The van der Waals surface area contributed by atoms with E-state index in [0.717, 1.165) is 12.8 Å². The molecule has 2 aliphatic carbocycles. The van der Waals surface area contributed by atoms with E-state index in [4.69, 9.17) is 4.74 Å². The minimum absolute atomic E-state index is 0.0145. The lowest BCUT2D eigenvalue weighted by atomic mass is 9.86. The monoisotopic (exact) mass is 390 g/mol. The Balaban J connectivity index is 1.88. The van der Waals surface area contributed by atoms with Gasteiger partial charge in [0.2, 0.25) is 5.82 Å². The van der Waals surface area contributed by atoms with E-state index < -0.39 is 47.9 Å². The number of hydrogen-bond donors (Lipinski definition) is 0. The number of fused-ring (bicyclic) bond motifs is 1. The molecule has 0 heterocycles. The first-order chi connectivity index (χ1) is 12.8. The third-order valence-corrected chi connectivity index (χ3v) is 6.26. The highest BCUT2D eigenvalue weighted by Gasteiger charge is 2.54. The Bertz CT molecular complexity index is 662. The molecule has 5 unspecified atom stereocenters. The molecule has 0 bridgehead atoms. The van der Waals surface area contributed by atoms with Gasteiger partial charge in [0.25, 0.3) is 5.92 Å². The summed E-state index contributed by atoms with van der Waals surface area (Å²) in [4.78, 5) is 0. The van der Waals surface area contributed by atoms with Gasteiger partial charge in [-0.05, 0) is 49.7 Å². The highest BCUT2D eigenvalue weighted by Crippen LogP contribution is 2.55. The fourth-order valence-corrected chi connectivity index (χ4v) is 5.09. The number of alkyl halides is 3. The molecule has 0 aromatic heterocycles. The largest absolute Gasteiger partial charge is 0.491 e. The van der Waals surface area contributed by atoms with Crippen molar-refractivity contribution in [2.45, 2.75) is 70.4 Å². The predicted octanol–water partition coefficient (Wildman–Crippen LogP) is 6.66. The number of rotatable bonds is 5. The summed E-state index contributed by atoms with van der Waals surface area (Å²) in [5, 5.41) is 0. The molecule has 0 N–H and O–H groups in total. The van der Waals surface area contributed by atoms with Gasteiger partial charge in [-0.15, -0.1) is 0 Å². The zero-order chi connectivity index (χ0) is 19.8. The van der Waals surface area contributed by atoms with Crippen molar-refractivity contribution in [1.29, 1.82) is 0 Å². The second-order valence-electron chi connectivity index (χ2n) is 8.03. The van der Waals surface area contributed by atoms with Gasteiger partial charge >= 0.3 is 0 Å². The Morgan fingerprint density at radius 1 is 1.07 bits per heavy atom. The molecule has 0 spiro atoms. The standard InChI is InChI=1S/C21H27F5O/c1-3-5-12-8-13-10-17(22)15(11-21(25,26)16(13)9-12)14-6-7-18(27-4-2)20(24)19(14)23/h6-7,12-13,15-17H,3-5,8-11H2,1-2H3. The third kappa shape index (κ3) is 3.95. The summed E-state index contributed by atoms with van der Waals surface area (Å²) in [6.45, 7) is 3.79. The van der Waals surface area contributed by atoms with Crippen LogP contribution in [0.25, 0.3) is 0 Å². The Morgan fingerprint density at radius 3 is 2.48 bits per heavy atom. The van der Waals surface area contributed by atoms with E-state index in [2.05, 4.69) is 0 Å². The van der Waals surface area contributed by atoms with Gasteiger partial charge in [0, 0.05) is 18.3 Å². The third-order valence-electron chi connectivity index (χ3n) is 6.26. The van der Waals surface area contributed by atoms with Crippen LogP contribution in [0.1, 0.15) is 63.9 Å². The molecule has 5 atom stereocenters. The van der Waals surface area contributed by atoms with E-state index in [9.17, 15) is 22.0 Å². The normalized spacial score (nSPS) is 32.8.